The van der Waals surface area contributed by atoms with Gasteiger partial charge in [-0.15, -0.1) is 0 Å². The molecule has 0 saturated carbocycles. The molecule has 9 heteroatoms. The number of carbonyl (C=O) groups is 2. The van der Waals surface area contributed by atoms with Crippen molar-refractivity contribution >= 4 is 58.2 Å². The number of amides is 2. The number of imide groups is 1. The molecule has 0 unspecified atom stereocenters. The fourth-order valence-electron chi connectivity index (χ4n) is 2.89. The highest BCUT2D eigenvalue weighted by Gasteiger charge is 2.40. The average Bonchev–Trinajstić information content (AvgIpc) is 2.97. The number of benzene rings is 3. The lowest BCUT2D eigenvalue weighted by molar-refractivity contribution is -0.120. The number of para-hydroxylation sites is 1. The Labute approximate surface area is 190 Å². The first kappa shape index (κ1) is 21.4. The summed E-state index contributed by atoms with van der Waals surface area (Å²) in [5.74, 6) is -2.63. The molecular weight excluding hydrogens is 465 g/mol. The van der Waals surface area contributed by atoms with Crippen LogP contribution in [0.1, 0.15) is 0 Å². The molecular formula is C22H12Cl2F2N2O2S. The predicted molar refractivity (Wildman–Crippen MR) is 118 cm³/mol. The topological polar surface area (TPSA) is 49.4 Å². The summed E-state index contributed by atoms with van der Waals surface area (Å²) in [6.07, 6.45) is 0. The van der Waals surface area contributed by atoms with Gasteiger partial charge in [-0.2, -0.15) is 0 Å². The maximum Gasteiger partial charge on any atom is 0.283 e. The summed E-state index contributed by atoms with van der Waals surface area (Å²) in [4.78, 5) is 27.9. The molecule has 156 valence electrons. The third kappa shape index (κ3) is 4.30. The lowest BCUT2D eigenvalue weighted by Gasteiger charge is -2.16. The normalized spacial score (nSPS) is 13.9. The van der Waals surface area contributed by atoms with Crippen LogP contribution in [0.15, 0.2) is 82.2 Å². The summed E-state index contributed by atoms with van der Waals surface area (Å²) in [6.45, 7) is 0. The molecule has 1 heterocycles. The van der Waals surface area contributed by atoms with Gasteiger partial charge in [0.2, 0.25) is 0 Å². The van der Waals surface area contributed by atoms with Crippen LogP contribution < -0.4 is 10.2 Å². The Morgan fingerprint density at radius 3 is 2.23 bits per heavy atom. The zero-order chi connectivity index (χ0) is 22.1. The molecule has 0 saturated heterocycles. The summed E-state index contributed by atoms with van der Waals surface area (Å²) >= 11 is 12.8. The summed E-state index contributed by atoms with van der Waals surface area (Å²) in [5, 5.41) is 3.01. The van der Waals surface area contributed by atoms with Crippen molar-refractivity contribution in [3.8, 4) is 0 Å². The van der Waals surface area contributed by atoms with Crippen LogP contribution in [0, 0.1) is 11.6 Å². The Bertz CT molecular complexity index is 1230. The number of thioether (sulfide) groups is 1. The van der Waals surface area contributed by atoms with Crippen LogP contribution in [0.2, 0.25) is 10.0 Å². The van der Waals surface area contributed by atoms with Crippen LogP contribution in [0.25, 0.3) is 0 Å². The first-order valence-electron chi connectivity index (χ1n) is 8.88. The van der Waals surface area contributed by atoms with Crippen molar-refractivity contribution in [2.24, 2.45) is 0 Å². The maximum absolute atomic E-state index is 14.2. The Kier molecular flexibility index (Phi) is 6.00. The minimum atomic E-state index is -0.715. The molecule has 4 nitrogen and oxygen atoms in total. The van der Waals surface area contributed by atoms with Crippen molar-refractivity contribution in [1.82, 2.24) is 0 Å². The lowest BCUT2D eigenvalue weighted by Crippen LogP contribution is -2.32. The Balaban J connectivity index is 1.77. The fraction of sp³-hybridized carbons (Fsp3) is 0. The second-order valence-electron chi connectivity index (χ2n) is 6.41. The van der Waals surface area contributed by atoms with Gasteiger partial charge in [-0.25, -0.2) is 13.7 Å². The van der Waals surface area contributed by atoms with Gasteiger partial charge in [0.25, 0.3) is 11.8 Å². The van der Waals surface area contributed by atoms with Crippen LogP contribution in [0.3, 0.4) is 0 Å². The van der Waals surface area contributed by atoms with Crippen molar-refractivity contribution < 1.29 is 18.4 Å². The van der Waals surface area contributed by atoms with E-state index >= 15 is 0 Å². The SMILES string of the molecule is O=C1C(Nc2ccccc2F)=C(Sc2ccc(Cl)cc2)C(=O)N1c1ccc(F)c(Cl)c1. The van der Waals surface area contributed by atoms with E-state index in [1.807, 2.05) is 0 Å². The molecule has 0 aliphatic carbocycles. The monoisotopic (exact) mass is 476 g/mol. The number of carbonyl (C=O) groups excluding carboxylic acids is 2. The molecule has 1 aliphatic rings. The van der Waals surface area contributed by atoms with E-state index in [-0.39, 0.29) is 27.0 Å². The molecule has 2 amide bonds. The van der Waals surface area contributed by atoms with E-state index < -0.39 is 23.4 Å². The highest BCUT2D eigenvalue weighted by molar-refractivity contribution is 8.04. The van der Waals surface area contributed by atoms with Crippen molar-refractivity contribution in [3.05, 3.63) is 99.0 Å². The van der Waals surface area contributed by atoms with Gasteiger partial charge >= 0.3 is 0 Å². The van der Waals surface area contributed by atoms with Crippen molar-refractivity contribution in [1.29, 1.82) is 0 Å². The largest absolute Gasteiger partial charge is 0.348 e. The molecule has 4 rings (SSSR count). The van der Waals surface area contributed by atoms with Crippen LogP contribution in [0.4, 0.5) is 20.2 Å². The van der Waals surface area contributed by atoms with Crippen molar-refractivity contribution in [3.63, 3.8) is 0 Å². The molecule has 0 atom stereocenters. The molecule has 3 aromatic carbocycles. The number of rotatable bonds is 5. The first-order valence-corrected chi connectivity index (χ1v) is 10.5. The van der Waals surface area contributed by atoms with Gasteiger partial charge in [0.1, 0.15) is 22.2 Å². The average molecular weight is 477 g/mol. The highest BCUT2D eigenvalue weighted by Crippen LogP contribution is 2.39. The quantitative estimate of drug-likeness (QED) is 0.441. The van der Waals surface area contributed by atoms with Crippen LogP contribution in [-0.4, -0.2) is 11.8 Å². The van der Waals surface area contributed by atoms with E-state index in [9.17, 15) is 18.4 Å². The van der Waals surface area contributed by atoms with Gasteiger partial charge in [-0.3, -0.25) is 9.59 Å². The smallest absolute Gasteiger partial charge is 0.283 e. The number of hydrogen-bond donors (Lipinski definition) is 1. The maximum atomic E-state index is 14.2. The standard InChI is InChI=1S/C22H12Cl2F2N2O2S/c23-12-5-8-14(9-6-12)31-20-19(27-18-4-2-1-3-17(18)26)21(29)28(22(20)30)13-7-10-16(25)15(24)11-13/h1-11,27H. The molecule has 0 bridgehead atoms. The van der Waals surface area contributed by atoms with Gasteiger partial charge in [-0.05, 0) is 54.6 Å². The third-order valence-electron chi connectivity index (χ3n) is 4.37. The third-order valence-corrected chi connectivity index (χ3v) is 6.00. The molecule has 31 heavy (non-hydrogen) atoms. The van der Waals surface area contributed by atoms with Crippen LogP contribution in [0.5, 0.6) is 0 Å². The van der Waals surface area contributed by atoms with Crippen molar-refractivity contribution in [2.75, 3.05) is 10.2 Å². The molecule has 1 N–H and O–H groups in total. The van der Waals surface area contributed by atoms with Gasteiger partial charge in [0, 0.05) is 9.92 Å². The molecule has 0 fully saturated rings. The summed E-state index contributed by atoms with van der Waals surface area (Å²) in [5.41, 5.74) is 0.0308. The van der Waals surface area contributed by atoms with E-state index in [4.69, 9.17) is 23.2 Å². The zero-order valence-electron chi connectivity index (χ0n) is 15.5. The molecule has 0 spiro atoms. The van der Waals surface area contributed by atoms with Crippen LogP contribution in [-0.2, 0) is 9.59 Å². The molecule has 0 aromatic heterocycles. The number of anilines is 2. The lowest BCUT2D eigenvalue weighted by atomic mass is 10.2. The predicted octanol–water partition coefficient (Wildman–Crippen LogP) is 6.26. The number of nitrogens with zero attached hydrogens (tertiary/aromatic N) is 1. The van der Waals surface area contributed by atoms with E-state index in [0.29, 0.717) is 9.92 Å². The second-order valence-corrected chi connectivity index (χ2v) is 8.34. The summed E-state index contributed by atoms with van der Waals surface area (Å²) in [6, 6.07) is 16.0. The van der Waals surface area contributed by atoms with E-state index in [2.05, 4.69) is 5.32 Å². The first-order chi connectivity index (χ1) is 14.8. The Morgan fingerprint density at radius 1 is 0.839 bits per heavy atom. The summed E-state index contributed by atoms with van der Waals surface area (Å²) in [7, 11) is 0. The van der Waals surface area contributed by atoms with Crippen LogP contribution >= 0.6 is 35.0 Å². The van der Waals surface area contributed by atoms with Gasteiger partial charge < -0.3 is 5.32 Å². The van der Waals surface area contributed by atoms with Gasteiger partial charge in [-0.1, -0.05) is 47.1 Å². The Hall–Kier alpha value is -2.87. The molecule has 0 radical (unpaired) electrons. The van der Waals surface area contributed by atoms with Gasteiger partial charge in [0.05, 0.1) is 16.4 Å². The summed E-state index contributed by atoms with van der Waals surface area (Å²) < 4.78 is 27.8. The van der Waals surface area contributed by atoms with E-state index in [1.54, 1.807) is 30.3 Å². The fourth-order valence-corrected chi connectivity index (χ4v) is 4.12. The minimum Gasteiger partial charge on any atom is -0.348 e. The van der Waals surface area contributed by atoms with E-state index in [1.165, 1.54) is 30.3 Å². The van der Waals surface area contributed by atoms with Crippen molar-refractivity contribution in [2.45, 2.75) is 4.90 Å². The number of hydrogen-bond acceptors (Lipinski definition) is 4. The Morgan fingerprint density at radius 2 is 1.55 bits per heavy atom. The zero-order valence-corrected chi connectivity index (χ0v) is 17.9. The van der Waals surface area contributed by atoms with E-state index in [0.717, 1.165) is 22.7 Å². The molecule has 3 aromatic rings. The second kappa shape index (κ2) is 8.70. The number of halogens is 4. The minimum absolute atomic E-state index is 0.0341. The number of nitrogens with one attached hydrogen (secondary N) is 1. The highest BCUT2D eigenvalue weighted by atomic mass is 35.5. The van der Waals surface area contributed by atoms with Gasteiger partial charge in [0.15, 0.2) is 0 Å². The molecule has 1 aliphatic heterocycles.